The Balaban J connectivity index is 1.71. The lowest BCUT2D eigenvalue weighted by molar-refractivity contribution is -0.136. The SMILES string of the molecule is Cc1ccc(C(=O)CC2(O)C(=O)N(Cc3c(Cl)cccc3Cl)c3ccccc32)s1. The van der Waals surface area contributed by atoms with Gasteiger partial charge in [-0.2, -0.15) is 0 Å². The lowest BCUT2D eigenvalue weighted by atomic mass is 9.89. The first-order valence-electron chi connectivity index (χ1n) is 8.97. The number of thiophene rings is 1. The summed E-state index contributed by atoms with van der Waals surface area (Å²) in [7, 11) is 0. The average Bonchev–Trinajstić information content (AvgIpc) is 3.21. The molecule has 1 N–H and O–H groups in total. The molecule has 1 unspecified atom stereocenters. The van der Waals surface area contributed by atoms with Crippen LogP contribution in [-0.4, -0.2) is 16.8 Å². The minimum atomic E-state index is -1.93. The summed E-state index contributed by atoms with van der Waals surface area (Å²) in [5, 5.41) is 12.2. The Bertz CT molecular complexity index is 1110. The Morgan fingerprint density at radius 3 is 2.41 bits per heavy atom. The first-order chi connectivity index (χ1) is 13.8. The normalized spacial score (nSPS) is 18.2. The number of ketones is 1. The maximum Gasteiger partial charge on any atom is 0.264 e. The van der Waals surface area contributed by atoms with Gasteiger partial charge in [0.25, 0.3) is 5.91 Å². The fourth-order valence-corrected chi connectivity index (χ4v) is 4.90. The highest BCUT2D eigenvalue weighted by atomic mass is 35.5. The number of para-hydroxylation sites is 1. The second kappa shape index (κ2) is 7.58. The van der Waals surface area contributed by atoms with Gasteiger partial charge >= 0.3 is 0 Å². The van der Waals surface area contributed by atoms with Gasteiger partial charge in [-0.15, -0.1) is 11.3 Å². The van der Waals surface area contributed by atoms with Crippen LogP contribution in [0.4, 0.5) is 5.69 Å². The van der Waals surface area contributed by atoms with Crippen LogP contribution in [0.5, 0.6) is 0 Å². The van der Waals surface area contributed by atoms with Crippen molar-refractivity contribution in [2.24, 2.45) is 0 Å². The van der Waals surface area contributed by atoms with Gasteiger partial charge in [0.05, 0.1) is 23.5 Å². The smallest absolute Gasteiger partial charge is 0.264 e. The van der Waals surface area contributed by atoms with Crippen LogP contribution in [0.2, 0.25) is 10.0 Å². The third-order valence-corrected chi connectivity index (χ3v) is 6.80. The van der Waals surface area contributed by atoms with E-state index in [1.165, 1.54) is 16.2 Å². The van der Waals surface area contributed by atoms with Crippen molar-refractivity contribution in [3.63, 3.8) is 0 Å². The van der Waals surface area contributed by atoms with Gasteiger partial charge in [-0.3, -0.25) is 9.59 Å². The summed E-state index contributed by atoms with van der Waals surface area (Å²) >= 11 is 13.9. The summed E-state index contributed by atoms with van der Waals surface area (Å²) in [6, 6.07) is 15.6. The molecule has 0 saturated heterocycles. The van der Waals surface area contributed by atoms with Gasteiger partial charge < -0.3 is 10.0 Å². The molecule has 148 valence electrons. The third-order valence-electron chi connectivity index (χ3n) is 5.05. The first-order valence-corrected chi connectivity index (χ1v) is 10.5. The lowest BCUT2D eigenvalue weighted by Gasteiger charge is -2.23. The highest BCUT2D eigenvalue weighted by Gasteiger charge is 2.51. The molecule has 1 aliphatic heterocycles. The summed E-state index contributed by atoms with van der Waals surface area (Å²) in [5.74, 6) is -0.831. The fraction of sp³-hybridized carbons (Fsp3) is 0.182. The molecule has 1 aliphatic rings. The molecule has 29 heavy (non-hydrogen) atoms. The van der Waals surface area contributed by atoms with Crippen LogP contribution in [0.15, 0.2) is 54.6 Å². The Morgan fingerprint density at radius 2 is 1.76 bits per heavy atom. The molecule has 2 heterocycles. The van der Waals surface area contributed by atoms with Crippen molar-refractivity contribution < 1.29 is 14.7 Å². The quantitative estimate of drug-likeness (QED) is 0.536. The lowest BCUT2D eigenvalue weighted by Crippen LogP contribution is -2.41. The van der Waals surface area contributed by atoms with Gasteiger partial charge in [-0.1, -0.05) is 47.5 Å². The van der Waals surface area contributed by atoms with Crippen molar-refractivity contribution in [2.45, 2.75) is 25.5 Å². The van der Waals surface area contributed by atoms with Gasteiger partial charge in [0.15, 0.2) is 11.4 Å². The van der Waals surface area contributed by atoms with Crippen molar-refractivity contribution in [3.05, 3.63) is 85.5 Å². The molecular formula is C22H17Cl2NO3S. The topological polar surface area (TPSA) is 57.6 Å². The number of carbonyl (C=O) groups excluding carboxylic acids is 2. The molecule has 0 aliphatic carbocycles. The van der Waals surface area contributed by atoms with E-state index in [9.17, 15) is 14.7 Å². The molecule has 1 atom stereocenters. The molecule has 0 radical (unpaired) electrons. The number of fused-ring (bicyclic) bond motifs is 1. The molecule has 0 spiro atoms. The highest BCUT2D eigenvalue weighted by molar-refractivity contribution is 7.14. The van der Waals surface area contributed by atoms with E-state index in [2.05, 4.69) is 0 Å². The third kappa shape index (κ3) is 3.49. The Hall–Kier alpha value is -2.18. The van der Waals surface area contributed by atoms with Gasteiger partial charge in [-0.25, -0.2) is 0 Å². The minimum Gasteiger partial charge on any atom is -0.375 e. The van der Waals surface area contributed by atoms with Crippen LogP contribution in [-0.2, 0) is 16.9 Å². The maximum absolute atomic E-state index is 13.3. The molecule has 2 aromatic carbocycles. The second-order valence-electron chi connectivity index (χ2n) is 6.98. The number of amides is 1. The van der Waals surface area contributed by atoms with Crippen molar-refractivity contribution in [1.82, 2.24) is 0 Å². The van der Waals surface area contributed by atoms with Crippen LogP contribution in [0.3, 0.4) is 0 Å². The van der Waals surface area contributed by atoms with E-state index >= 15 is 0 Å². The monoisotopic (exact) mass is 445 g/mol. The van der Waals surface area contributed by atoms with Crippen LogP contribution >= 0.6 is 34.5 Å². The number of carbonyl (C=O) groups is 2. The number of benzene rings is 2. The summed E-state index contributed by atoms with van der Waals surface area (Å²) in [4.78, 5) is 29.1. The minimum absolute atomic E-state index is 0.100. The van der Waals surface area contributed by atoms with E-state index in [0.29, 0.717) is 31.7 Å². The summed E-state index contributed by atoms with van der Waals surface area (Å²) in [5.41, 5.74) is -0.386. The average molecular weight is 446 g/mol. The van der Waals surface area contributed by atoms with Crippen molar-refractivity contribution >= 4 is 51.9 Å². The zero-order chi connectivity index (χ0) is 20.8. The summed E-state index contributed by atoms with van der Waals surface area (Å²) in [6.45, 7) is 2.00. The largest absolute Gasteiger partial charge is 0.375 e. The molecule has 3 aromatic rings. The number of aryl methyl sites for hydroxylation is 1. The molecule has 0 fully saturated rings. The molecule has 0 saturated carbocycles. The number of nitrogens with zero attached hydrogens (tertiary/aromatic N) is 1. The Labute approximate surface area is 182 Å². The fourth-order valence-electron chi connectivity index (χ4n) is 3.58. The number of hydrogen-bond donors (Lipinski definition) is 1. The molecule has 1 aromatic heterocycles. The number of Topliss-reactive ketones (excluding diaryl/α,β-unsaturated/α-hetero) is 1. The standard InChI is InChI=1S/C22H17Cl2NO3S/c1-13-9-10-20(29-13)19(26)11-22(28)15-5-2-3-8-18(15)25(21(22)27)12-14-16(23)6-4-7-17(14)24/h2-10,28H,11-12H2,1H3. The van der Waals surface area contributed by atoms with E-state index in [-0.39, 0.29) is 18.7 Å². The molecule has 0 bridgehead atoms. The highest BCUT2D eigenvalue weighted by Crippen LogP contribution is 2.44. The Kier molecular flexibility index (Phi) is 5.25. The van der Waals surface area contributed by atoms with E-state index < -0.39 is 11.5 Å². The van der Waals surface area contributed by atoms with Crippen LogP contribution in [0.25, 0.3) is 0 Å². The van der Waals surface area contributed by atoms with E-state index in [0.717, 1.165) is 4.88 Å². The Morgan fingerprint density at radius 1 is 1.07 bits per heavy atom. The number of hydrogen-bond acceptors (Lipinski definition) is 4. The van der Waals surface area contributed by atoms with Crippen molar-refractivity contribution in [3.8, 4) is 0 Å². The van der Waals surface area contributed by atoms with Crippen molar-refractivity contribution in [2.75, 3.05) is 4.90 Å². The first kappa shape index (κ1) is 20.1. The molecular weight excluding hydrogens is 429 g/mol. The van der Waals surface area contributed by atoms with Crippen LogP contribution in [0.1, 0.15) is 32.1 Å². The van der Waals surface area contributed by atoms with E-state index in [4.69, 9.17) is 23.2 Å². The second-order valence-corrected chi connectivity index (χ2v) is 9.08. The van der Waals surface area contributed by atoms with E-state index in [1.54, 1.807) is 48.5 Å². The predicted molar refractivity (Wildman–Crippen MR) is 116 cm³/mol. The molecule has 4 rings (SSSR count). The maximum atomic E-state index is 13.3. The van der Waals surface area contributed by atoms with Crippen LogP contribution < -0.4 is 4.90 Å². The van der Waals surface area contributed by atoms with Gasteiger partial charge in [0.1, 0.15) is 0 Å². The predicted octanol–water partition coefficient (Wildman–Crippen LogP) is 5.37. The zero-order valence-corrected chi connectivity index (χ0v) is 17.8. The van der Waals surface area contributed by atoms with Gasteiger partial charge in [0.2, 0.25) is 0 Å². The molecule has 1 amide bonds. The zero-order valence-electron chi connectivity index (χ0n) is 15.5. The van der Waals surface area contributed by atoms with E-state index in [1.807, 2.05) is 13.0 Å². The number of rotatable bonds is 5. The van der Waals surface area contributed by atoms with Gasteiger partial charge in [0, 0.05) is 26.0 Å². The number of aliphatic hydroxyl groups is 1. The molecule has 7 heteroatoms. The molecule has 4 nitrogen and oxygen atoms in total. The van der Waals surface area contributed by atoms with Crippen molar-refractivity contribution in [1.29, 1.82) is 0 Å². The number of halogens is 2. The summed E-state index contributed by atoms with van der Waals surface area (Å²) in [6.07, 6.45) is -0.324. The summed E-state index contributed by atoms with van der Waals surface area (Å²) < 4.78 is 0. The van der Waals surface area contributed by atoms with Crippen LogP contribution in [0, 0.1) is 6.92 Å². The number of anilines is 1. The van der Waals surface area contributed by atoms with Gasteiger partial charge in [-0.05, 0) is 37.3 Å².